The third-order valence-corrected chi connectivity index (χ3v) is 3.08. The molecule has 0 aliphatic heterocycles. The number of methoxy groups -OCH3 is 1. The number of rotatable bonds is 4. The molecule has 2 aromatic heterocycles. The third kappa shape index (κ3) is 3.12. The lowest BCUT2D eigenvalue weighted by molar-refractivity contribution is -0.605. The van der Waals surface area contributed by atoms with Crippen LogP contribution < -0.4 is 14.8 Å². The van der Waals surface area contributed by atoms with Crippen LogP contribution in [-0.4, -0.2) is 17.1 Å². The maximum atomic E-state index is 11.1. The molecule has 0 aliphatic rings. The maximum Gasteiger partial charge on any atom is 0.227 e. The van der Waals surface area contributed by atoms with Gasteiger partial charge in [0.15, 0.2) is 12.4 Å². The Morgan fingerprint density at radius 1 is 1.14 bits per heavy atom. The molecule has 2 heterocycles. The first-order chi connectivity index (χ1) is 10.7. The van der Waals surface area contributed by atoms with Crippen LogP contribution in [0.15, 0.2) is 61.1 Å². The van der Waals surface area contributed by atoms with Crippen molar-refractivity contribution in [2.75, 3.05) is 12.4 Å². The number of pyridine rings is 1. The molecule has 0 unspecified atom stereocenters. The zero-order valence-corrected chi connectivity index (χ0v) is 11.9. The quantitative estimate of drug-likeness (QED) is 0.591. The summed E-state index contributed by atoms with van der Waals surface area (Å²) in [5, 5.41) is 14.2. The van der Waals surface area contributed by atoms with Gasteiger partial charge < -0.3 is 15.3 Å². The van der Waals surface area contributed by atoms with Crippen molar-refractivity contribution in [2.45, 2.75) is 0 Å². The molecule has 3 aromatic rings. The number of aromatic nitrogens is 3. The molecule has 0 bridgehead atoms. The first-order valence-electron chi connectivity index (χ1n) is 6.68. The molecule has 0 amide bonds. The zero-order chi connectivity index (χ0) is 15.4. The van der Waals surface area contributed by atoms with E-state index < -0.39 is 0 Å². The molecule has 0 aliphatic carbocycles. The Bertz CT molecular complexity index is 775. The fraction of sp³-hybridized carbons (Fsp3) is 0.0625. The molecule has 1 N–H and O–H groups in total. The lowest BCUT2D eigenvalue weighted by atomic mass is 10.2. The Balaban J connectivity index is 1.86. The highest BCUT2D eigenvalue weighted by molar-refractivity contribution is 5.61. The molecular formula is C16H14N4O2. The standard InChI is InChI=1S/C16H14N4O2/c1-22-14-4-2-3-13(11-14)18-16-17-8-5-15(19-16)12-6-9-20(21)10-7-12/h2-11H,1H3,(H,17,18,19). The minimum Gasteiger partial charge on any atom is -0.619 e. The molecule has 110 valence electrons. The second-order valence-electron chi connectivity index (χ2n) is 4.57. The Morgan fingerprint density at radius 3 is 2.73 bits per heavy atom. The van der Waals surface area contributed by atoms with Gasteiger partial charge in [-0.3, -0.25) is 0 Å². The Hall–Kier alpha value is -3.15. The topological polar surface area (TPSA) is 74.0 Å². The number of hydrogen-bond donors (Lipinski definition) is 1. The lowest BCUT2D eigenvalue weighted by Gasteiger charge is -2.08. The monoisotopic (exact) mass is 294 g/mol. The molecule has 0 saturated heterocycles. The van der Waals surface area contributed by atoms with E-state index >= 15 is 0 Å². The molecule has 0 atom stereocenters. The molecular weight excluding hydrogens is 280 g/mol. The lowest BCUT2D eigenvalue weighted by Crippen LogP contribution is -2.23. The van der Waals surface area contributed by atoms with Crippen molar-refractivity contribution in [3.8, 4) is 17.0 Å². The molecule has 0 fully saturated rings. The molecule has 1 aromatic carbocycles. The van der Waals surface area contributed by atoms with E-state index in [-0.39, 0.29) is 0 Å². The van der Waals surface area contributed by atoms with E-state index in [1.54, 1.807) is 31.5 Å². The van der Waals surface area contributed by atoms with Crippen LogP contribution in [-0.2, 0) is 0 Å². The van der Waals surface area contributed by atoms with E-state index in [0.29, 0.717) is 5.95 Å². The van der Waals surface area contributed by atoms with Crippen molar-refractivity contribution >= 4 is 11.6 Å². The molecule has 0 saturated carbocycles. The minimum atomic E-state index is 0.476. The number of nitrogens with one attached hydrogen (secondary N) is 1. The molecule has 0 spiro atoms. The number of benzene rings is 1. The van der Waals surface area contributed by atoms with Crippen LogP contribution in [0.3, 0.4) is 0 Å². The SMILES string of the molecule is COc1cccc(Nc2nccc(-c3cc[n+]([O-])cc3)n2)c1. The first kappa shape index (κ1) is 13.8. The summed E-state index contributed by atoms with van der Waals surface area (Å²) in [6.45, 7) is 0. The predicted molar refractivity (Wildman–Crippen MR) is 82.7 cm³/mol. The van der Waals surface area contributed by atoms with Gasteiger partial charge in [0, 0.05) is 35.6 Å². The second-order valence-corrected chi connectivity index (χ2v) is 4.57. The van der Waals surface area contributed by atoms with Crippen LogP contribution in [0.5, 0.6) is 5.75 Å². The normalized spacial score (nSPS) is 10.2. The van der Waals surface area contributed by atoms with E-state index in [2.05, 4.69) is 15.3 Å². The molecule has 22 heavy (non-hydrogen) atoms. The van der Waals surface area contributed by atoms with E-state index in [0.717, 1.165) is 27.4 Å². The van der Waals surface area contributed by atoms with Gasteiger partial charge >= 0.3 is 0 Å². The van der Waals surface area contributed by atoms with Crippen LogP contribution in [0.2, 0.25) is 0 Å². The van der Waals surface area contributed by atoms with Gasteiger partial charge in [-0.2, -0.15) is 4.73 Å². The number of ether oxygens (including phenoxy) is 1. The van der Waals surface area contributed by atoms with Crippen LogP contribution in [0.4, 0.5) is 11.6 Å². The van der Waals surface area contributed by atoms with Gasteiger partial charge in [0.2, 0.25) is 5.95 Å². The summed E-state index contributed by atoms with van der Waals surface area (Å²) in [5.74, 6) is 1.23. The number of hydrogen-bond acceptors (Lipinski definition) is 5. The van der Waals surface area contributed by atoms with Crippen molar-refractivity contribution in [1.82, 2.24) is 9.97 Å². The minimum absolute atomic E-state index is 0.476. The van der Waals surface area contributed by atoms with Gasteiger partial charge in [0.25, 0.3) is 0 Å². The van der Waals surface area contributed by atoms with Crippen molar-refractivity contribution in [3.63, 3.8) is 0 Å². The fourth-order valence-electron chi connectivity index (χ4n) is 1.99. The summed E-state index contributed by atoms with van der Waals surface area (Å²) < 4.78 is 5.92. The fourth-order valence-corrected chi connectivity index (χ4v) is 1.99. The molecule has 6 heteroatoms. The summed E-state index contributed by atoms with van der Waals surface area (Å²) in [6.07, 6.45) is 4.54. The Kier molecular flexibility index (Phi) is 3.82. The summed E-state index contributed by atoms with van der Waals surface area (Å²) in [5.41, 5.74) is 2.42. The van der Waals surface area contributed by atoms with E-state index in [1.165, 1.54) is 12.4 Å². The second kappa shape index (κ2) is 6.09. The smallest absolute Gasteiger partial charge is 0.227 e. The van der Waals surface area contributed by atoms with Gasteiger partial charge in [-0.1, -0.05) is 6.07 Å². The number of nitrogens with zero attached hydrogens (tertiary/aromatic N) is 3. The predicted octanol–water partition coefficient (Wildman–Crippen LogP) is 2.53. The molecule has 6 nitrogen and oxygen atoms in total. The van der Waals surface area contributed by atoms with E-state index in [1.807, 2.05) is 24.3 Å². The first-order valence-corrected chi connectivity index (χ1v) is 6.68. The van der Waals surface area contributed by atoms with Crippen molar-refractivity contribution in [2.24, 2.45) is 0 Å². The average molecular weight is 294 g/mol. The largest absolute Gasteiger partial charge is 0.619 e. The summed E-state index contributed by atoms with van der Waals surface area (Å²) >= 11 is 0. The highest BCUT2D eigenvalue weighted by atomic mass is 16.5. The van der Waals surface area contributed by atoms with Gasteiger partial charge in [-0.05, 0) is 18.2 Å². The Morgan fingerprint density at radius 2 is 1.95 bits per heavy atom. The van der Waals surface area contributed by atoms with Gasteiger partial charge in [0.05, 0.1) is 12.8 Å². The summed E-state index contributed by atoms with van der Waals surface area (Å²) in [7, 11) is 1.62. The summed E-state index contributed by atoms with van der Waals surface area (Å²) in [4.78, 5) is 8.65. The third-order valence-electron chi connectivity index (χ3n) is 3.08. The van der Waals surface area contributed by atoms with Crippen LogP contribution in [0, 0.1) is 5.21 Å². The van der Waals surface area contributed by atoms with Crippen molar-refractivity contribution in [3.05, 3.63) is 66.3 Å². The van der Waals surface area contributed by atoms with Gasteiger partial charge in [-0.15, -0.1) is 0 Å². The zero-order valence-electron chi connectivity index (χ0n) is 11.9. The highest BCUT2D eigenvalue weighted by Crippen LogP contribution is 2.21. The Labute approximate surface area is 127 Å². The van der Waals surface area contributed by atoms with Crippen molar-refractivity contribution < 1.29 is 9.47 Å². The van der Waals surface area contributed by atoms with Gasteiger partial charge in [-0.25, -0.2) is 9.97 Å². The number of anilines is 2. The highest BCUT2D eigenvalue weighted by Gasteiger charge is 2.04. The van der Waals surface area contributed by atoms with E-state index in [4.69, 9.17) is 4.74 Å². The summed E-state index contributed by atoms with van der Waals surface area (Å²) in [6, 6.07) is 12.7. The van der Waals surface area contributed by atoms with E-state index in [9.17, 15) is 5.21 Å². The molecule has 3 rings (SSSR count). The van der Waals surface area contributed by atoms with Crippen LogP contribution >= 0.6 is 0 Å². The van der Waals surface area contributed by atoms with Crippen molar-refractivity contribution in [1.29, 1.82) is 0 Å². The van der Waals surface area contributed by atoms with Crippen LogP contribution in [0.25, 0.3) is 11.3 Å². The molecule has 0 radical (unpaired) electrons. The maximum absolute atomic E-state index is 11.1. The van der Waals surface area contributed by atoms with Gasteiger partial charge in [0.1, 0.15) is 5.75 Å². The van der Waals surface area contributed by atoms with Crippen LogP contribution in [0.1, 0.15) is 0 Å². The average Bonchev–Trinajstić information content (AvgIpc) is 2.56.